The average Bonchev–Trinajstić information content (AvgIpc) is 2.99. The van der Waals surface area contributed by atoms with E-state index in [0.717, 1.165) is 25.7 Å². The fraction of sp³-hybridized carbons (Fsp3) is 0.909. The van der Waals surface area contributed by atoms with Crippen molar-refractivity contribution in [2.24, 2.45) is 0 Å². The molecule has 0 saturated heterocycles. The Labute approximate surface area is 85.5 Å². The van der Waals surface area contributed by atoms with E-state index in [2.05, 4.69) is 23.6 Å². The maximum absolute atomic E-state index is 9.89. The molecular formula is C11H18N2O. The van der Waals surface area contributed by atoms with Crippen LogP contribution in [-0.4, -0.2) is 33.9 Å². The highest BCUT2D eigenvalue weighted by Crippen LogP contribution is 2.47. The molecule has 0 spiro atoms. The monoisotopic (exact) mass is 194 g/mol. The minimum Gasteiger partial charge on any atom is -0.389 e. The number of aliphatic hydroxyl groups is 1. The zero-order valence-corrected chi connectivity index (χ0v) is 8.95. The summed E-state index contributed by atoms with van der Waals surface area (Å²) >= 11 is 0. The van der Waals surface area contributed by atoms with E-state index in [9.17, 15) is 5.11 Å². The van der Waals surface area contributed by atoms with Crippen LogP contribution in [0.5, 0.6) is 0 Å². The number of hydrogen-bond donors (Lipinski definition) is 1. The third-order valence-corrected chi connectivity index (χ3v) is 3.36. The highest BCUT2D eigenvalue weighted by Gasteiger charge is 2.59. The lowest BCUT2D eigenvalue weighted by Gasteiger charge is -2.29. The number of rotatable bonds is 4. The van der Waals surface area contributed by atoms with Crippen molar-refractivity contribution in [3.63, 3.8) is 0 Å². The summed E-state index contributed by atoms with van der Waals surface area (Å²) in [5.74, 6) is 0. The second-order valence-electron chi connectivity index (χ2n) is 5.04. The summed E-state index contributed by atoms with van der Waals surface area (Å²) in [6.07, 6.45) is 3.77. The summed E-state index contributed by atoms with van der Waals surface area (Å²) in [6, 6.07) is 0.358. The molecule has 0 aromatic carbocycles. The quantitative estimate of drug-likeness (QED) is 0.689. The molecule has 2 saturated carbocycles. The predicted molar refractivity (Wildman–Crippen MR) is 54.6 cm³/mol. The van der Waals surface area contributed by atoms with Gasteiger partial charge in [-0.2, -0.15) is 0 Å². The van der Waals surface area contributed by atoms with E-state index in [1.807, 2.05) is 0 Å². The first kappa shape index (κ1) is 9.95. The van der Waals surface area contributed by atoms with Crippen molar-refractivity contribution in [3.05, 3.63) is 11.4 Å². The van der Waals surface area contributed by atoms with E-state index in [4.69, 9.17) is 6.57 Å². The lowest BCUT2D eigenvalue weighted by molar-refractivity contribution is 0.0540. The zero-order chi connectivity index (χ0) is 10.4. The Kier molecular flexibility index (Phi) is 2.09. The molecule has 1 N–H and O–H groups in total. The molecule has 0 heterocycles. The van der Waals surface area contributed by atoms with Crippen LogP contribution in [0.25, 0.3) is 4.85 Å². The minimum atomic E-state index is -0.468. The Morgan fingerprint density at radius 3 is 2.21 bits per heavy atom. The molecule has 2 rings (SSSR count). The van der Waals surface area contributed by atoms with Crippen molar-refractivity contribution in [2.45, 2.75) is 56.8 Å². The van der Waals surface area contributed by atoms with Crippen LogP contribution >= 0.6 is 0 Å². The van der Waals surface area contributed by atoms with Gasteiger partial charge in [-0.3, -0.25) is 4.85 Å². The van der Waals surface area contributed by atoms with Gasteiger partial charge in [0.15, 0.2) is 0 Å². The Morgan fingerprint density at radius 2 is 1.93 bits per heavy atom. The van der Waals surface area contributed by atoms with Crippen LogP contribution < -0.4 is 0 Å². The average molecular weight is 194 g/mol. The summed E-state index contributed by atoms with van der Waals surface area (Å²) in [7, 11) is 0. The van der Waals surface area contributed by atoms with Crippen molar-refractivity contribution >= 4 is 0 Å². The minimum absolute atomic E-state index is 0.257. The van der Waals surface area contributed by atoms with Crippen LogP contribution in [0.2, 0.25) is 0 Å². The molecule has 0 atom stereocenters. The molecule has 2 aliphatic rings. The third-order valence-electron chi connectivity index (χ3n) is 3.36. The van der Waals surface area contributed by atoms with Crippen molar-refractivity contribution < 1.29 is 5.11 Å². The second kappa shape index (κ2) is 2.95. The molecule has 3 heteroatoms. The van der Waals surface area contributed by atoms with Gasteiger partial charge in [0.25, 0.3) is 5.66 Å². The molecule has 0 unspecified atom stereocenters. The van der Waals surface area contributed by atoms with Crippen molar-refractivity contribution in [3.8, 4) is 0 Å². The Hall–Kier alpha value is -0.590. The van der Waals surface area contributed by atoms with Crippen molar-refractivity contribution in [1.82, 2.24) is 4.90 Å². The molecule has 3 nitrogen and oxygen atoms in total. The Balaban J connectivity index is 2.05. The first-order valence-electron chi connectivity index (χ1n) is 5.39. The molecule has 0 amide bonds. The normalized spacial score (nSPS) is 26.3. The SMILES string of the molecule is [C-]#[N+]C1(N(CC2(O)CC2)C(C)C)CC1. The molecule has 0 bridgehead atoms. The van der Waals surface area contributed by atoms with E-state index >= 15 is 0 Å². The standard InChI is InChI=1S/C11H18N2O/c1-9(2)13(8-10(14)4-5-10)11(12-3)6-7-11/h9,14H,4-8H2,1-2H3. The third kappa shape index (κ3) is 1.65. The zero-order valence-electron chi connectivity index (χ0n) is 8.95. The van der Waals surface area contributed by atoms with Gasteiger partial charge in [-0.25, -0.2) is 11.5 Å². The fourth-order valence-corrected chi connectivity index (χ4v) is 2.00. The molecule has 78 valence electrons. The fourth-order valence-electron chi connectivity index (χ4n) is 2.00. The van der Waals surface area contributed by atoms with Gasteiger partial charge in [0.1, 0.15) is 0 Å². The largest absolute Gasteiger partial charge is 0.389 e. The Bertz CT molecular complexity index is 272. The highest BCUT2D eigenvalue weighted by atomic mass is 16.3. The first-order valence-corrected chi connectivity index (χ1v) is 5.39. The lowest BCUT2D eigenvalue weighted by atomic mass is 10.2. The molecule has 0 aliphatic heterocycles. The van der Waals surface area contributed by atoms with Gasteiger partial charge in [-0.1, -0.05) is 0 Å². The van der Waals surface area contributed by atoms with Crippen LogP contribution in [0.4, 0.5) is 0 Å². The molecule has 0 radical (unpaired) electrons. The summed E-state index contributed by atoms with van der Waals surface area (Å²) in [4.78, 5) is 5.92. The van der Waals surface area contributed by atoms with Gasteiger partial charge >= 0.3 is 0 Å². The van der Waals surface area contributed by atoms with Gasteiger partial charge in [-0.15, -0.1) is 0 Å². The Morgan fingerprint density at radius 1 is 1.36 bits per heavy atom. The number of hydrogen-bond acceptors (Lipinski definition) is 2. The maximum Gasteiger partial charge on any atom is 0.289 e. The van der Waals surface area contributed by atoms with Crippen LogP contribution in [0.1, 0.15) is 39.5 Å². The van der Waals surface area contributed by atoms with E-state index in [1.54, 1.807) is 0 Å². The smallest absolute Gasteiger partial charge is 0.289 e. The van der Waals surface area contributed by atoms with Gasteiger partial charge in [0.2, 0.25) is 0 Å². The van der Waals surface area contributed by atoms with Crippen molar-refractivity contribution in [1.29, 1.82) is 0 Å². The second-order valence-corrected chi connectivity index (χ2v) is 5.04. The summed E-state index contributed by atoms with van der Waals surface area (Å²) in [6.45, 7) is 12.1. The van der Waals surface area contributed by atoms with Crippen LogP contribution in [0, 0.1) is 6.57 Å². The van der Waals surface area contributed by atoms with Gasteiger partial charge in [0, 0.05) is 12.6 Å². The van der Waals surface area contributed by atoms with Gasteiger partial charge in [0.05, 0.1) is 18.4 Å². The maximum atomic E-state index is 9.89. The lowest BCUT2D eigenvalue weighted by Crippen LogP contribution is -2.45. The van der Waals surface area contributed by atoms with Gasteiger partial charge in [-0.05, 0) is 26.7 Å². The van der Waals surface area contributed by atoms with Crippen LogP contribution in [-0.2, 0) is 0 Å². The van der Waals surface area contributed by atoms with Crippen molar-refractivity contribution in [2.75, 3.05) is 6.54 Å². The van der Waals surface area contributed by atoms with Crippen LogP contribution in [0.3, 0.4) is 0 Å². The molecule has 2 fully saturated rings. The summed E-state index contributed by atoms with van der Waals surface area (Å²) in [5.41, 5.74) is -0.725. The number of nitrogens with zero attached hydrogens (tertiary/aromatic N) is 2. The van der Waals surface area contributed by atoms with E-state index in [-0.39, 0.29) is 5.66 Å². The first-order chi connectivity index (χ1) is 6.51. The van der Waals surface area contributed by atoms with E-state index in [0.29, 0.717) is 12.6 Å². The molecule has 0 aromatic rings. The summed E-state index contributed by atoms with van der Waals surface area (Å²) < 4.78 is 0. The molecular weight excluding hydrogens is 176 g/mol. The molecule has 14 heavy (non-hydrogen) atoms. The van der Waals surface area contributed by atoms with Gasteiger partial charge < -0.3 is 5.11 Å². The summed E-state index contributed by atoms with van der Waals surface area (Å²) in [5, 5.41) is 9.89. The highest BCUT2D eigenvalue weighted by molar-refractivity contribution is 5.13. The van der Waals surface area contributed by atoms with E-state index in [1.165, 1.54) is 0 Å². The molecule has 0 aromatic heterocycles. The predicted octanol–water partition coefficient (Wildman–Crippen LogP) is 1.63. The molecule has 2 aliphatic carbocycles. The topological polar surface area (TPSA) is 27.8 Å². The van der Waals surface area contributed by atoms with Crippen LogP contribution in [0.15, 0.2) is 0 Å². The van der Waals surface area contributed by atoms with E-state index < -0.39 is 5.60 Å².